The molecule has 3 heteroatoms. The van der Waals surface area contributed by atoms with Crippen molar-refractivity contribution in [1.29, 1.82) is 0 Å². The summed E-state index contributed by atoms with van der Waals surface area (Å²) in [6, 6.07) is 13.2. The zero-order valence-electron chi connectivity index (χ0n) is 15.6. The molecule has 0 radical (unpaired) electrons. The van der Waals surface area contributed by atoms with Crippen molar-refractivity contribution in [3.8, 4) is 0 Å². The molecule has 4 unspecified atom stereocenters. The molecule has 4 atom stereocenters. The van der Waals surface area contributed by atoms with Crippen LogP contribution in [0.15, 0.2) is 30.3 Å². The molecule has 3 aliphatic rings. The molecule has 3 nitrogen and oxygen atoms in total. The monoisotopic (exact) mass is 341 g/mol. The summed E-state index contributed by atoms with van der Waals surface area (Å²) in [5.41, 5.74) is 1.49. The van der Waals surface area contributed by atoms with Crippen LogP contribution in [0.2, 0.25) is 0 Å². The van der Waals surface area contributed by atoms with Crippen molar-refractivity contribution in [3.63, 3.8) is 0 Å². The van der Waals surface area contributed by atoms with Crippen LogP contribution in [0.4, 0.5) is 0 Å². The molecule has 2 heterocycles. The van der Waals surface area contributed by atoms with Crippen LogP contribution in [0.1, 0.15) is 63.0 Å². The molecule has 0 bridgehead atoms. The van der Waals surface area contributed by atoms with Crippen molar-refractivity contribution < 1.29 is 0 Å². The number of nitrogens with zero attached hydrogens (tertiary/aromatic N) is 1. The number of hydrogen-bond acceptors (Lipinski definition) is 3. The Kier molecular flexibility index (Phi) is 6.06. The highest BCUT2D eigenvalue weighted by Crippen LogP contribution is 2.32. The third-order valence-electron chi connectivity index (χ3n) is 6.77. The Morgan fingerprint density at radius 2 is 1.80 bits per heavy atom. The Morgan fingerprint density at radius 3 is 2.56 bits per heavy atom. The molecule has 3 fully saturated rings. The smallest absolute Gasteiger partial charge is 0.0472 e. The molecular formula is C22H35N3. The van der Waals surface area contributed by atoms with Crippen LogP contribution in [-0.4, -0.2) is 43.2 Å². The summed E-state index contributed by atoms with van der Waals surface area (Å²) in [6.45, 7) is 4.87. The molecule has 1 aliphatic carbocycles. The van der Waals surface area contributed by atoms with Crippen molar-refractivity contribution in [3.05, 3.63) is 35.9 Å². The molecule has 0 spiro atoms. The first-order chi connectivity index (χ1) is 12.4. The zero-order valence-corrected chi connectivity index (χ0v) is 15.6. The minimum absolute atomic E-state index is 0.546. The third kappa shape index (κ3) is 4.27. The Labute approximate surface area is 153 Å². The first-order valence-corrected chi connectivity index (χ1v) is 10.7. The van der Waals surface area contributed by atoms with E-state index in [0.29, 0.717) is 12.1 Å². The van der Waals surface area contributed by atoms with E-state index in [-0.39, 0.29) is 0 Å². The lowest BCUT2D eigenvalue weighted by Gasteiger charge is -2.35. The van der Waals surface area contributed by atoms with Gasteiger partial charge in [0.15, 0.2) is 0 Å². The number of nitrogens with one attached hydrogen (secondary N) is 2. The minimum atomic E-state index is 0.546. The van der Waals surface area contributed by atoms with Crippen molar-refractivity contribution in [2.24, 2.45) is 5.92 Å². The van der Waals surface area contributed by atoms with Crippen LogP contribution in [0.25, 0.3) is 0 Å². The fourth-order valence-corrected chi connectivity index (χ4v) is 5.42. The van der Waals surface area contributed by atoms with Gasteiger partial charge in [-0.1, -0.05) is 43.2 Å². The van der Waals surface area contributed by atoms with Gasteiger partial charge in [-0.2, -0.15) is 0 Å². The van der Waals surface area contributed by atoms with E-state index < -0.39 is 0 Å². The molecule has 0 aromatic heterocycles. The summed E-state index contributed by atoms with van der Waals surface area (Å²) >= 11 is 0. The number of hydrogen-bond donors (Lipinski definition) is 2. The second kappa shape index (κ2) is 8.66. The van der Waals surface area contributed by atoms with Gasteiger partial charge in [0.1, 0.15) is 0 Å². The second-order valence-corrected chi connectivity index (χ2v) is 8.34. The predicted molar refractivity (Wildman–Crippen MR) is 105 cm³/mol. The van der Waals surface area contributed by atoms with Gasteiger partial charge in [0.2, 0.25) is 0 Å². The maximum atomic E-state index is 4.02. The lowest BCUT2D eigenvalue weighted by Crippen LogP contribution is -2.48. The molecular weight excluding hydrogens is 306 g/mol. The van der Waals surface area contributed by atoms with Crippen LogP contribution >= 0.6 is 0 Å². The first-order valence-electron chi connectivity index (χ1n) is 10.7. The maximum Gasteiger partial charge on any atom is 0.0472 e. The normalized spacial score (nSPS) is 32.1. The quantitative estimate of drug-likeness (QED) is 0.826. The average Bonchev–Trinajstić information content (AvgIpc) is 3.36. The Balaban J connectivity index is 1.40. The number of benzene rings is 1. The number of rotatable bonds is 6. The Hall–Kier alpha value is -0.900. The summed E-state index contributed by atoms with van der Waals surface area (Å²) in [5, 5.41) is 7.84. The molecule has 2 aliphatic heterocycles. The van der Waals surface area contributed by atoms with E-state index >= 15 is 0 Å². The SMILES string of the molecule is c1ccc(C(CNC2CCCC2C2CCCCN2)N2CCCC2)cc1. The average molecular weight is 342 g/mol. The summed E-state index contributed by atoms with van der Waals surface area (Å²) < 4.78 is 0. The van der Waals surface area contributed by atoms with Gasteiger partial charge < -0.3 is 10.6 Å². The lowest BCUT2D eigenvalue weighted by molar-refractivity contribution is 0.211. The van der Waals surface area contributed by atoms with Crippen LogP contribution in [0.5, 0.6) is 0 Å². The topological polar surface area (TPSA) is 27.3 Å². The molecule has 1 aromatic carbocycles. The number of piperidine rings is 1. The van der Waals surface area contributed by atoms with Gasteiger partial charge in [-0.25, -0.2) is 0 Å². The largest absolute Gasteiger partial charge is 0.314 e. The van der Waals surface area contributed by atoms with Crippen molar-refractivity contribution in [1.82, 2.24) is 15.5 Å². The highest BCUT2D eigenvalue weighted by molar-refractivity contribution is 5.20. The van der Waals surface area contributed by atoms with Gasteiger partial charge >= 0.3 is 0 Å². The summed E-state index contributed by atoms with van der Waals surface area (Å²) in [4.78, 5) is 2.70. The van der Waals surface area contributed by atoms with Crippen LogP contribution in [-0.2, 0) is 0 Å². The van der Waals surface area contributed by atoms with E-state index in [9.17, 15) is 0 Å². The Morgan fingerprint density at radius 1 is 0.960 bits per heavy atom. The van der Waals surface area contributed by atoms with Crippen molar-refractivity contribution in [2.75, 3.05) is 26.2 Å². The third-order valence-corrected chi connectivity index (χ3v) is 6.77. The lowest BCUT2D eigenvalue weighted by atomic mass is 9.88. The van der Waals surface area contributed by atoms with Gasteiger partial charge in [0.25, 0.3) is 0 Å². The Bertz CT molecular complexity index is 505. The van der Waals surface area contributed by atoms with Crippen molar-refractivity contribution in [2.45, 2.75) is 69.5 Å². The second-order valence-electron chi connectivity index (χ2n) is 8.34. The molecule has 2 saturated heterocycles. The van der Waals surface area contributed by atoms with E-state index in [1.165, 1.54) is 76.6 Å². The highest BCUT2D eigenvalue weighted by Gasteiger charge is 2.34. The van der Waals surface area contributed by atoms with Gasteiger partial charge in [0, 0.05) is 24.7 Å². The zero-order chi connectivity index (χ0) is 16.9. The molecule has 1 saturated carbocycles. The van der Waals surface area contributed by atoms with E-state index in [1.807, 2.05) is 0 Å². The van der Waals surface area contributed by atoms with E-state index in [1.54, 1.807) is 0 Å². The molecule has 25 heavy (non-hydrogen) atoms. The van der Waals surface area contributed by atoms with Crippen molar-refractivity contribution >= 4 is 0 Å². The fourth-order valence-electron chi connectivity index (χ4n) is 5.42. The molecule has 1 aromatic rings. The molecule has 2 N–H and O–H groups in total. The van der Waals surface area contributed by atoms with E-state index in [4.69, 9.17) is 0 Å². The van der Waals surface area contributed by atoms with Crippen LogP contribution in [0.3, 0.4) is 0 Å². The first kappa shape index (κ1) is 17.5. The standard InChI is InChI=1S/C22H35N3/c1-2-9-18(10-3-1)22(25-15-6-7-16-25)17-24-21-13-8-11-19(21)20-12-4-5-14-23-20/h1-3,9-10,19-24H,4-8,11-17H2. The van der Waals surface area contributed by atoms with Gasteiger partial charge in [-0.3, -0.25) is 4.90 Å². The molecule has 138 valence electrons. The van der Waals surface area contributed by atoms with Crippen LogP contribution < -0.4 is 10.6 Å². The molecule has 0 amide bonds. The number of likely N-dealkylation sites (tertiary alicyclic amines) is 1. The summed E-state index contributed by atoms with van der Waals surface area (Å²) in [6.07, 6.45) is 11.1. The summed E-state index contributed by atoms with van der Waals surface area (Å²) in [5.74, 6) is 0.843. The fraction of sp³-hybridized carbons (Fsp3) is 0.727. The minimum Gasteiger partial charge on any atom is -0.314 e. The van der Waals surface area contributed by atoms with Gasteiger partial charge in [-0.15, -0.1) is 0 Å². The molecule has 4 rings (SSSR count). The van der Waals surface area contributed by atoms with Gasteiger partial charge in [-0.05, 0) is 69.6 Å². The summed E-state index contributed by atoms with van der Waals surface area (Å²) in [7, 11) is 0. The maximum absolute atomic E-state index is 4.02. The highest BCUT2D eigenvalue weighted by atomic mass is 15.2. The van der Waals surface area contributed by atoms with Gasteiger partial charge in [0.05, 0.1) is 0 Å². The van der Waals surface area contributed by atoms with E-state index in [0.717, 1.165) is 18.5 Å². The van der Waals surface area contributed by atoms with E-state index in [2.05, 4.69) is 45.9 Å². The predicted octanol–water partition coefficient (Wildman–Crippen LogP) is 3.72. The van der Waals surface area contributed by atoms with Crippen LogP contribution in [0, 0.1) is 5.92 Å².